The van der Waals surface area contributed by atoms with Crippen LogP contribution in [-0.2, 0) is 0 Å². The molecule has 0 atom stereocenters. The number of pyridine rings is 1. The van der Waals surface area contributed by atoms with Crippen LogP contribution in [0.4, 0.5) is 17.1 Å². The molecule has 3 rings (SSSR count). The van der Waals surface area contributed by atoms with Crippen LogP contribution in [0.15, 0.2) is 66.9 Å². The zero-order chi connectivity index (χ0) is 16.9. The summed E-state index contributed by atoms with van der Waals surface area (Å²) in [5, 5.41) is 7.24. The normalized spacial score (nSPS) is 10.2. The molecule has 1 amide bonds. The summed E-state index contributed by atoms with van der Waals surface area (Å²) in [6, 6.07) is 17.7. The average Bonchev–Trinajstić information content (AvgIpc) is 2.59. The summed E-state index contributed by atoms with van der Waals surface area (Å²) < 4.78 is 0. The highest BCUT2D eigenvalue weighted by Gasteiger charge is 2.07. The van der Waals surface area contributed by atoms with E-state index in [9.17, 15) is 4.79 Å². The van der Waals surface area contributed by atoms with Gasteiger partial charge in [-0.05, 0) is 60.7 Å². The highest BCUT2D eigenvalue weighted by Crippen LogP contribution is 2.19. The van der Waals surface area contributed by atoms with Crippen molar-refractivity contribution < 1.29 is 4.79 Å². The fourth-order valence-electron chi connectivity index (χ4n) is 2.03. The fourth-order valence-corrected chi connectivity index (χ4v) is 2.28. The van der Waals surface area contributed by atoms with Gasteiger partial charge in [-0.3, -0.25) is 4.79 Å². The monoisotopic (exact) mass is 357 g/mol. The van der Waals surface area contributed by atoms with Crippen LogP contribution in [0.1, 0.15) is 10.5 Å². The molecular formula is C18H13Cl2N3O. The minimum Gasteiger partial charge on any atom is -0.354 e. The molecule has 3 aromatic rings. The number of hydrogen-bond donors (Lipinski definition) is 2. The van der Waals surface area contributed by atoms with Crippen molar-refractivity contribution in [1.29, 1.82) is 0 Å². The molecule has 2 aromatic carbocycles. The van der Waals surface area contributed by atoms with E-state index in [-0.39, 0.29) is 5.91 Å². The van der Waals surface area contributed by atoms with Gasteiger partial charge in [0, 0.05) is 21.4 Å². The standard InChI is InChI=1S/C18H13Cl2N3O/c19-12-1-5-14(6-2-12)22-16-9-10-17(21-11-16)18(24)23-15-7-3-13(20)4-8-15/h1-11,22H,(H,23,24). The molecule has 6 heteroatoms. The Labute approximate surface area is 149 Å². The molecule has 1 aromatic heterocycles. The molecule has 24 heavy (non-hydrogen) atoms. The third-order valence-corrected chi connectivity index (χ3v) is 3.74. The number of benzene rings is 2. The lowest BCUT2D eigenvalue weighted by molar-refractivity contribution is 0.102. The molecule has 0 aliphatic carbocycles. The minimum atomic E-state index is -0.282. The van der Waals surface area contributed by atoms with Gasteiger partial charge in [-0.2, -0.15) is 0 Å². The Bertz CT molecular complexity index is 832. The highest BCUT2D eigenvalue weighted by atomic mass is 35.5. The number of aromatic nitrogens is 1. The number of amides is 1. The fraction of sp³-hybridized carbons (Fsp3) is 0. The summed E-state index contributed by atoms with van der Waals surface area (Å²) in [4.78, 5) is 16.3. The Morgan fingerprint density at radius 2 is 1.29 bits per heavy atom. The van der Waals surface area contributed by atoms with Crippen LogP contribution in [-0.4, -0.2) is 10.9 Å². The van der Waals surface area contributed by atoms with Crippen LogP contribution in [0, 0.1) is 0 Å². The first-order chi connectivity index (χ1) is 11.6. The van der Waals surface area contributed by atoms with Gasteiger partial charge in [0.05, 0.1) is 11.9 Å². The van der Waals surface area contributed by atoms with Crippen LogP contribution >= 0.6 is 23.2 Å². The maximum absolute atomic E-state index is 12.2. The predicted octanol–water partition coefficient (Wildman–Crippen LogP) is 5.38. The smallest absolute Gasteiger partial charge is 0.274 e. The Kier molecular flexibility index (Phi) is 4.99. The number of anilines is 3. The minimum absolute atomic E-state index is 0.282. The average molecular weight is 358 g/mol. The van der Waals surface area contributed by atoms with Crippen molar-refractivity contribution in [1.82, 2.24) is 4.98 Å². The number of hydrogen-bond acceptors (Lipinski definition) is 3. The van der Waals surface area contributed by atoms with Crippen LogP contribution in [0.5, 0.6) is 0 Å². The molecule has 2 N–H and O–H groups in total. The Morgan fingerprint density at radius 1 is 0.750 bits per heavy atom. The summed E-state index contributed by atoms with van der Waals surface area (Å²) in [5.41, 5.74) is 2.65. The first kappa shape index (κ1) is 16.3. The van der Waals surface area contributed by atoms with Crippen LogP contribution < -0.4 is 10.6 Å². The van der Waals surface area contributed by atoms with Gasteiger partial charge in [-0.25, -0.2) is 4.98 Å². The van der Waals surface area contributed by atoms with E-state index in [0.29, 0.717) is 21.4 Å². The lowest BCUT2D eigenvalue weighted by Gasteiger charge is -2.08. The van der Waals surface area contributed by atoms with Gasteiger partial charge in [0.2, 0.25) is 0 Å². The number of halogens is 2. The summed E-state index contributed by atoms with van der Waals surface area (Å²) in [6.07, 6.45) is 1.60. The van der Waals surface area contributed by atoms with Crippen molar-refractivity contribution >= 4 is 46.2 Å². The third kappa shape index (κ3) is 4.25. The van der Waals surface area contributed by atoms with E-state index in [0.717, 1.165) is 11.4 Å². The molecule has 0 saturated carbocycles. The molecule has 120 valence electrons. The van der Waals surface area contributed by atoms with E-state index in [1.165, 1.54) is 0 Å². The highest BCUT2D eigenvalue weighted by molar-refractivity contribution is 6.30. The van der Waals surface area contributed by atoms with E-state index < -0.39 is 0 Å². The lowest BCUT2D eigenvalue weighted by Crippen LogP contribution is -2.13. The van der Waals surface area contributed by atoms with Gasteiger partial charge in [0.25, 0.3) is 5.91 Å². The Morgan fingerprint density at radius 3 is 1.83 bits per heavy atom. The van der Waals surface area contributed by atoms with Crippen LogP contribution in [0.2, 0.25) is 10.0 Å². The summed E-state index contributed by atoms with van der Waals surface area (Å²) in [7, 11) is 0. The van der Waals surface area contributed by atoms with Crippen molar-refractivity contribution in [2.45, 2.75) is 0 Å². The van der Waals surface area contributed by atoms with E-state index in [2.05, 4.69) is 15.6 Å². The number of carbonyl (C=O) groups excluding carboxylic acids is 1. The molecule has 0 unspecified atom stereocenters. The van der Waals surface area contributed by atoms with Crippen LogP contribution in [0.3, 0.4) is 0 Å². The molecular weight excluding hydrogens is 345 g/mol. The molecule has 0 spiro atoms. The van der Waals surface area contributed by atoms with Crippen molar-refractivity contribution in [3.05, 3.63) is 82.6 Å². The maximum atomic E-state index is 12.2. The predicted molar refractivity (Wildman–Crippen MR) is 98.4 cm³/mol. The number of rotatable bonds is 4. The molecule has 0 aliphatic rings. The molecule has 0 radical (unpaired) electrons. The SMILES string of the molecule is O=C(Nc1ccc(Cl)cc1)c1ccc(Nc2ccc(Cl)cc2)cn1. The molecule has 0 aliphatic heterocycles. The summed E-state index contributed by atoms with van der Waals surface area (Å²) in [5.74, 6) is -0.282. The molecule has 0 bridgehead atoms. The number of carbonyl (C=O) groups is 1. The quantitative estimate of drug-likeness (QED) is 0.658. The van der Waals surface area contributed by atoms with Gasteiger partial charge in [0.15, 0.2) is 0 Å². The van der Waals surface area contributed by atoms with E-state index >= 15 is 0 Å². The first-order valence-corrected chi connectivity index (χ1v) is 7.91. The Balaban J connectivity index is 1.66. The zero-order valence-electron chi connectivity index (χ0n) is 12.5. The second-order valence-electron chi connectivity index (χ2n) is 5.03. The van der Waals surface area contributed by atoms with Crippen molar-refractivity contribution in [2.75, 3.05) is 10.6 Å². The molecule has 0 saturated heterocycles. The third-order valence-electron chi connectivity index (χ3n) is 3.23. The van der Waals surface area contributed by atoms with Gasteiger partial charge in [0.1, 0.15) is 5.69 Å². The van der Waals surface area contributed by atoms with Gasteiger partial charge < -0.3 is 10.6 Å². The maximum Gasteiger partial charge on any atom is 0.274 e. The molecule has 0 fully saturated rings. The van der Waals surface area contributed by atoms with Crippen molar-refractivity contribution in [3.8, 4) is 0 Å². The summed E-state index contributed by atoms with van der Waals surface area (Å²) >= 11 is 11.7. The largest absolute Gasteiger partial charge is 0.354 e. The van der Waals surface area contributed by atoms with E-state index in [1.54, 1.807) is 54.7 Å². The first-order valence-electron chi connectivity index (χ1n) is 7.16. The Hall–Kier alpha value is -2.56. The van der Waals surface area contributed by atoms with Crippen LogP contribution in [0.25, 0.3) is 0 Å². The van der Waals surface area contributed by atoms with E-state index in [1.807, 2.05) is 12.1 Å². The van der Waals surface area contributed by atoms with Gasteiger partial charge in [-0.1, -0.05) is 23.2 Å². The number of nitrogens with one attached hydrogen (secondary N) is 2. The van der Waals surface area contributed by atoms with Gasteiger partial charge >= 0.3 is 0 Å². The van der Waals surface area contributed by atoms with Gasteiger partial charge in [-0.15, -0.1) is 0 Å². The second-order valence-corrected chi connectivity index (χ2v) is 5.90. The number of nitrogens with zero attached hydrogens (tertiary/aromatic N) is 1. The second kappa shape index (κ2) is 7.34. The summed E-state index contributed by atoms with van der Waals surface area (Å²) in [6.45, 7) is 0. The van der Waals surface area contributed by atoms with Crippen molar-refractivity contribution in [3.63, 3.8) is 0 Å². The topological polar surface area (TPSA) is 54.0 Å². The molecule has 4 nitrogen and oxygen atoms in total. The van der Waals surface area contributed by atoms with E-state index in [4.69, 9.17) is 23.2 Å². The van der Waals surface area contributed by atoms with Crippen molar-refractivity contribution in [2.24, 2.45) is 0 Å². The lowest BCUT2D eigenvalue weighted by atomic mass is 10.2. The molecule has 1 heterocycles. The zero-order valence-corrected chi connectivity index (χ0v) is 14.0.